The van der Waals surface area contributed by atoms with Gasteiger partial charge in [-0.2, -0.15) is 0 Å². The highest BCUT2D eigenvalue weighted by Gasteiger charge is 2.29. The number of hydrogen-bond donors (Lipinski definition) is 1. The Morgan fingerprint density at radius 2 is 1.80 bits per heavy atom. The molecule has 0 amide bonds. The van der Waals surface area contributed by atoms with Crippen LogP contribution in [0.3, 0.4) is 0 Å². The summed E-state index contributed by atoms with van der Waals surface area (Å²) in [5.74, 6) is 0.381. The van der Waals surface area contributed by atoms with Crippen LogP contribution in [0.25, 0.3) is 0 Å². The molecule has 0 aliphatic carbocycles. The third kappa shape index (κ3) is 4.78. The maximum absolute atomic E-state index is 12.4. The van der Waals surface area contributed by atoms with Gasteiger partial charge >= 0.3 is 0 Å². The molecule has 0 saturated carbocycles. The standard InChI is InChI=1S/C13H18Cl3NO2S/c1-13(2,3)12(6-7-14)17-20(18,19)9-4-5-10(15)11(16)8-9/h4-5,8,12,17H,6-7H2,1-3H3. The van der Waals surface area contributed by atoms with E-state index in [4.69, 9.17) is 34.8 Å². The molecule has 0 heterocycles. The van der Waals surface area contributed by atoms with E-state index >= 15 is 0 Å². The van der Waals surface area contributed by atoms with Crippen molar-refractivity contribution in [3.63, 3.8) is 0 Å². The zero-order valence-electron chi connectivity index (χ0n) is 11.6. The van der Waals surface area contributed by atoms with Crippen LogP contribution in [0.2, 0.25) is 10.0 Å². The van der Waals surface area contributed by atoms with E-state index in [9.17, 15) is 8.42 Å². The van der Waals surface area contributed by atoms with Gasteiger partial charge in [0.1, 0.15) is 0 Å². The van der Waals surface area contributed by atoms with E-state index in [1.54, 1.807) is 0 Å². The number of halogens is 3. The van der Waals surface area contributed by atoms with E-state index in [1.165, 1.54) is 18.2 Å². The number of alkyl halides is 1. The molecule has 1 aromatic carbocycles. The van der Waals surface area contributed by atoms with Crippen LogP contribution in [0, 0.1) is 5.41 Å². The van der Waals surface area contributed by atoms with Gasteiger partial charge in [0.05, 0.1) is 14.9 Å². The van der Waals surface area contributed by atoms with Crippen molar-refractivity contribution in [2.75, 3.05) is 5.88 Å². The van der Waals surface area contributed by atoms with Crippen LogP contribution in [0.15, 0.2) is 23.1 Å². The Labute approximate surface area is 135 Å². The van der Waals surface area contributed by atoms with Crippen LogP contribution in [-0.4, -0.2) is 20.3 Å². The number of sulfonamides is 1. The normalized spacial score (nSPS) is 14.3. The topological polar surface area (TPSA) is 46.2 Å². The molecule has 0 aliphatic rings. The number of nitrogens with one attached hydrogen (secondary N) is 1. The lowest BCUT2D eigenvalue weighted by molar-refractivity contribution is 0.292. The Hall–Kier alpha value is -0.000000000000000111. The van der Waals surface area contributed by atoms with Crippen LogP contribution < -0.4 is 4.72 Å². The molecule has 0 saturated heterocycles. The highest BCUT2D eigenvalue weighted by atomic mass is 35.5. The smallest absolute Gasteiger partial charge is 0.208 e. The molecule has 3 nitrogen and oxygen atoms in total. The predicted molar refractivity (Wildman–Crippen MR) is 85.4 cm³/mol. The van der Waals surface area contributed by atoms with Crippen LogP contribution >= 0.6 is 34.8 Å². The number of benzene rings is 1. The van der Waals surface area contributed by atoms with Gasteiger partial charge < -0.3 is 0 Å². The van der Waals surface area contributed by atoms with Crippen molar-refractivity contribution in [1.29, 1.82) is 0 Å². The van der Waals surface area contributed by atoms with Gasteiger partial charge in [0, 0.05) is 11.9 Å². The first-order valence-corrected chi connectivity index (χ1v) is 8.88. The lowest BCUT2D eigenvalue weighted by Gasteiger charge is -2.30. The highest BCUT2D eigenvalue weighted by molar-refractivity contribution is 7.89. The van der Waals surface area contributed by atoms with E-state index in [0.717, 1.165) is 0 Å². The van der Waals surface area contributed by atoms with Gasteiger partial charge in [-0.25, -0.2) is 13.1 Å². The van der Waals surface area contributed by atoms with Crippen molar-refractivity contribution in [2.24, 2.45) is 5.41 Å². The van der Waals surface area contributed by atoms with Gasteiger partial charge in [-0.15, -0.1) is 11.6 Å². The monoisotopic (exact) mass is 357 g/mol. The largest absolute Gasteiger partial charge is 0.240 e. The molecule has 0 fully saturated rings. The SMILES string of the molecule is CC(C)(C)C(CCCl)NS(=O)(=O)c1ccc(Cl)c(Cl)c1. The average Bonchev–Trinajstić information content (AvgIpc) is 2.30. The number of rotatable bonds is 5. The van der Waals surface area contributed by atoms with Crippen LogP contribution in [0.1, 0.15) is 27.2 Å². The Morgan fingerprint density at radius 3 is 2.25 bits per heavy atom. The fraction of sp³-hybridized carbons (Fsp3) is 0.538. The van der Waals surface area contributed by atoms with Crippen LogP contribution in [0.4, 0.5) is 0 Å². The number of hydrogen-bond acceptors (Lipinski definition) is 2. The molecular formula is C13H18Cl3NO2S. The van der Waals surface area contributed by atoms with Crippen molar-refractivity contribution in [3.05, 3.63) is 28.2 Å². The molecule has 0 bridgehead atoms. The van der Waals surface area contributed by atoms with Gasteiger partial charge in [-0.05, 0) is 30.0 Å². The third-order valence-corrected chi connectivity index (χ3v) is 5.37. The summed E-state index contributed by atoms with van der Waals surface area (Å²) in [5.41, 5.74) is -0.238. The molecule has 0 aromatic heterocycles. The summed E-state index contributed by atoms with van der Waals surface area (Å²) in [6.45, 7) is 5.88. The lowest BCUT2D eigenvalue weighted by Crippen LogP contribution is -2.43. The van der Waals surface area contributed by atoms with Crippen molar-refractivity contribution >= 4 is 44.8 Å². The molecular weight excluding hydrogens is 341 g/mol. The highest BCUT2D eigenvalue weighted by Crippen LogP contribution is 2.27. The first kappa shape index (κ1) is 18.1. The molecule has 1 atom stereocenters. The molecule has 0 aliphatic heterocycles. The minimum absolute atomic E-state index is 0.0933. The summed E-state index contributed by atoms with van der Waals surface area (Å²) in [5, 5.41) is 0.526. The van der Waals surface area contributed by atoms with E-state index < -0.39 is 10.0 Å². The quantitative estimate of drug-likeness (QED) is 0.797. The average molecular weight is 359 g/mol. The fourth-order valence-electron chi connectivity index (χ4n) is 1.68. The molecule has 7 heteroatoms. The zero-order valence-corrected chi connectivity index (χ0v) is 14.7. The molecule has 0 spiro atoms. The van der Waals surface area contributed by atoms with E-state index in [-0.39, 0.29) is 21.4 Å². The van der Waals surface area contributed by atoms with Crippen molar-refractivity contribution in [1.82, 2.24) is 4.72 Å². The van der Waals surface area contributed by atoms with Gasteiger partial charge in [0.2, 0.25) is 10.0 Å². The van der Waals surface area contributed by atoms with Gasteiger partial charge in [-0.3, -0.25) is 0 Å². The summed E-state index contributed by atoms with van der Waals surface area (Å²) in [6.07, 6.45) is 0.547. The van der Waals surface area contributed by atoms with Crippen molar-refractivity contribution in [3.8, 4) is 0 Å². The molecule has 114 valence electrons. The Morgan fingerprint density at radius 1 is 1.20 bits per heavy atom. The predicted octanol–water partition coefficient (Wildman–Crippen LogP) is 4.32. The van der Waals surface area contributed by atoms with Crippen LogP contribution in [-0.2, 0) is 10.0 Å². The summed E-state index contributed by atoms with van der Waals surface area (Å²) < 4.78 is 27.4. The van der Waals surface area contributed by atoms with Crippen LogP contribution in [0.5, 0.6) is 0 Å². The molecule has 1 aromatic rings. The van der Waals surface area contributed by atoms with Gasteiger partial charge in [0.15, 0.2) is 0 Å². The maximum atomic E-state index is 12.4. The minimum atomic E-state index is -3.66. The van der Waals surface area contributed by atoms with E-state index in [2.05, 4.69) is 4.72 Å². The first-order valence-electron chi connectivity index (χ1n) is 6.11. The summed E-state index contributed by atoms with van der Waals surface area (Å²) in [4.78, 5) is 0.0933. The van der Waals surface area contributed by atoms with E-state index in [0.29, 0.717) is 17.3 Å². The summed E-state index contributed by atoms with van der Waals surface area (Å²) in [7, 11) is -3.66. The van der Waals surface area contributed by atoms with Gasteiger partial charge in [0.25, 0.3) is 0 Å². The third-order valence-electron chi connectivity index (χ3n) is 2.94. The van der Waals surface area contributed by atoms with Gasteiger partial charge in [-0.1, -0.05) is 44.0 Å². The second kappa shape index (κ2) is 6.84. The minimum Gasteiger partial charge on any atom is -0.208 e. The Balaban J connectivity index is 3.06. The maximum Gasteiger partial charge on any atom is 0.240 e. The second-order valence-electron chi connectivity index (χ2n) is 5.59. The molecule has 20 heavy (non-hydrogen) atoms. The first-order chi connectivity index (χ1) is 9.08. The summed E-state index contributed by atoms with van der Waals surface area (Å²) in [6, 6.07) is 3.97. The molecule has 1 N–H and O–H groups in total. The summed E-state index contributed by atoms with van der Waals surface area (Å²) >= 11 is 17.4. The molecule has 1 rings (SSSR count). The lowest BCUT2D eigenvalue weighted by atomic mass is 9.86. The van der Waals surface area contributed by atoms with Crippen molar-refractivity contribution < 1.29 is 8.42 Å². The fourth-order valence-corrected chi connectivity index (χ4v) is 3.76. The Kier molecular flexibility index (Phi) is 6.17. The van der Waals surface area contributed by atoms with Crippen molar-refractivity contribution in [2.45, 2.75) is 38.1 Å². The Bertz CT molecular complexity index is 567. The zero-order chi connectivity index (χ0) is 15.6. The molecule has 1 unspecified atom stereocenters. The van der Waals surface area contributed by atoms with E-state index in [1.807, 2.05) is 20.8 Å². The molecule has 0 radical (unpaired) electrons. The second-order valence-corrected chi connectivity index (χ2v) is 8.50.